The summed E-state index contributed by atoms with van der Waals surface area (Å²) in [5.41, 5.74) is -0.321. The minimum absolute atomic E-state index is 0.00762. The van der Waals surface area contributed by atoms with Crippen LogP contribution in [0.5, 0.6) is 0 Å². The molecule has 6 heteroatoms. The number of amides is 1. The summed E-state index contributed by atoms with van der Waals surface area (Å²) in [7, 11) is 0. The molecule has 0 fully saturated rings. The Balaban J connectivity index is 1.66. The molecule has 0 aliphatic carbocycles. The van der Waals surface area contributed by atoms with Crippen LogP contribution in [0.4, 0.5) is 0 Å². The average Bonchev–Trinajstić information content (AvgIpc) is 3.23. The Morgan fingerprint density at radius 1 is 1.25 bits per heavy atom. The van der Waals surface area contributed by atoms with E-state index in [1.807, 2.05) is 30.3 Å². The van der Waals surface area contributed by atoms with Gasteiger partial charge in [-0.15, -0.1) is 0 Å². The van der Waals surface area contributed by atoms with Crippen molar-refractivity contribution in [2.75, 3.05) is 6.54 Å². The standard InChI is InChI=1S/C18H18N2O4/c1-12-8-9-16(23-12)18(2,22)11-19-17(21)14-10-15(24-20-14)13-6-4-3-5-7-13/h3-10,22H,11H2,1-2H3,(H,19,21). The topological polar surface area (TPSA) is 88.5 Å². The predicted octanol–water partition coefficient (Wildman–Crippen LogP) is 2.88. The van der Waals surface area contributed by atoms with Crippen molar-refractivity contribution < 1.29 is 18.8 Å². The van der Waals surface area contributed by atoms with Crippen LogP contribution in [0.1, 0.15) is 28.9 Å². The molecule has 1 amide bonds. The van der Waals surface area contributed by atoms with Crippen LogP contribution in [0.25, 0.3) is 11.3 Å². The van der Waals surface area contributed by atoms with Gasteiger partial charge in [-0.25, -0.2) is 0 Å². The molecule has 1 aromatic carbocycles. The third kappa shape index (κ3) is 3.38. The molecule has 2 N–H and O–H groups in total. The van der Waals surface area contributed by atoms with Crippen LogP contribution in [0.3, 0.4) is 0 Å². The monoisotopic (exact) mass is 326 g/mol. The Kier molecular flexibility index (Phi) is 4.22. The Hall–Kier alpha value is -2.86. The second-order valence-electron chi connectivity index (χ2n) is 5.81. The first kappa shape index (κ1) is 16.0. The maximum absolute atomic E-state index is 12.2. The largest absolute Gasteiger partial charge is 0.463 e. The molecule has 124 valence electrons. The van der Waals surface area contributed by atoms with E-state index < -0.39 is 11.5 Å². The number of aryl methyl sites for hydroxylation is 1. The summed E-state index contributed by atoms with van der Waals surface area (Å²) in [4.78, 5) is 12.2. The summed E-state index contributed by atoms with van der Waals surface area (Å²) in [6.07, 6.45) is 0. The fraction of sp³-hybridized carbons (Fsp3) is 0.222. The third-order valence-corrected chi connectivity index (χ3v) is 3.67. The summed E-state index contributed by atoms with van der Waals surface area (Å²) in [5.74, 6) is 1.17. The zero-order chi connectivity index (χ0) is 17.2. The van der Waals surface area contributed by atoms with Crippen LogP contribution >= 0.6 is 0 Å². The minimum Gasteiger partial charge on any atom is -0.463 e. The Bertz CT molecular complexity index is 834. The lowest BCUT2D eigenvalue weighted by atomic mass is 10.0. The van der Waals surface area contributed by atoms with Crippen LogP contribution < -0.4 is 5.32 Å². The average molecular weight is 326 g/mol. The van der Waals surface area contributed by atoms with Crippen LogP contribution in [0.2, 0.25) is 0 Å². The number of hydrogen-bond donors (Lipinski definition) is 2. The minimum atomic E-state index is -1.31. The molecule has 0 aliphatic rings. The number of furan rings is 1. The van der Waals surface area contributed by atoms with Crippen LogP contribution in [-0.4, -0.2) is 22.7 Å². The summed E-state index contributed by atoms with van der Waals surface area (Å²) >= 11 is 0. The van der Waals surface area contributed by atoms with Crippen molar-refractivity contribution in [3.8, 4) is 11.3 Å². The molecule has 0 spiro atoms. The zero-order valence-electron chi connectivity index (χ0n) is 13.4. The van der Waals surface area contributed by atoms with Gasteiger partial charge in [-0.1, -0.05) is 35.5 Å². The van der Waals surface area contributed by atoms with Crippen LogP contribution in [0.15, 0.2) is 57.5 Å². The number of nitrogens with one attached hydrogen (secondary N) is 1. The van der Waals surface area contributed by atoms with Crippen molar-refractivity contribution in [3.05, 3.63) is 65.7 Å². The molecule has 2 heterocycles. The molecule has 0 saturated carbocycles. The number of rotatable bonds is 5. The number of nitrogens with zero attached hydrogens (tertiary/aromatic N) is 1. The van der Waals surface area contributed by atoms with E-state index in [1.54, 1.807) is 32.0 Å². The van der Waals surface area contributed by atoms with E-state index in [0.717, 1.165) is 5.56 Å². The molecule has 0 saturated heterocycles. The number of hydrogen-bond acceptors (Lipinski definition) is 5. The molecule has 3 rings (SSSR count). The SMILES string of the molecule is Cc1ccc(C(C)(O)CNC(=O)c2cc(-c3ccccc3)on2)o1. The van der Waals surface area contributed by atoms with Gasteiger partial charge in [0, 0.05) is 11.6 Å². The van der Waals surface area contributed by atoms with Gasteiger partial charge in [-0.3, -0.25) is 4.79 Å². The van der Waals surface area contributed by atoms with Gasteiger partial charge in [-0.2, -0.15) is 0 Å². The van der Waals surface area contributed by atoms with Crippen molar-refractivity contribution in [3.63, 3.8) is 0 Å². The fourth-order valence-corrected chi connectivity index (χ4v) is 2.27. The summed E-state index contributed by atoms with van der Waals surface area (Å²) in [6, 6.07) is 14.4. The Labute approximate surface area is 139 Å². The smallest absolute Gasteiger partial charge is 0.273 e. The number of aliphatic hydroxyl groups is 1. The summed E-state index contributed by atoms with van der Waals surface area (Å²) in [6.45, 7) is 3.36. The van der Waals surface area contributed by atoms with Gasteiger partial charge in [0.15, 0.2) is 11.5 Å². The zero-order valence-corrected chi connectivity index (χ0v) is 13.4. The van der Waals surface area contributed by atoms with E-state index in [0.29, 0.717) is 17.3 Å². The normalized spacial score (nSPS) is 13.5. The highest BCUT2D eigenvalue weighted by Gasteiger charge is 2.28. The van der Waals surface area contributed by atoms with Gasteiger partial charge in [0.05, 0.1) is 6.54 Å². The maximum Gasteiger partial charge on any atom is 0.273 e. The van der Waals surface area contributed by atoms with E-state index in [1.165, 1.54) is 0 Å². The van der Waals surface area contributed by atoms with Gasteiger partial charge in [0.1, 0.15) is 17.1 Å². The molecule has 1 atom stereocenters. The molecular formula is C18H18N2O4. The lowest BCUT2D eigenvalue weighted by Gasteiger charge is -2.20. The van der Waals surface area contributed by atoms with Crippen molar-refractivity contribution in [1.29, 1.82) is 0 Å². The highest BCUT2D eigenvalue weighted by atomic mass is 16.5. The highest BCUT2D eigenvalue weighted by Crippen LogP contribution is 2.23. The summed E-state index contributed by atoms with van der Waals surface area (Å²) < 4.78 is 10.6. The highest BCUT2D eigenvalue weighted by molar-refractivity contribution is 5.93. The molecule has 0 radical (unpaired) electrons. The number of benzene rings is 1. The van der Waals surface area contributed by atoms with E-state index in [2.05, 4.69) is 10.5 Å². The second-order valence-corrected chi connectivity index (χ2v) is 5.81. The Morgan fingerprint density at radius 2 is 2.00 bits per heavy atom. The lowest BCUT2D eigenvalue weighted by molar-refractivity contribution is 0.0322. The second kappa shape index (κ2) is 6.33. The number of carbonyl (C=O) groups is 1. The third-order valence-electron chi connectivity index (χ3n) is 3.67. The summed E-state index contributed by atoms with van der Waals surface area (Å²) in [5, 5.41) is 16.8. The van der Waals surface area contributed by atoms with Gasteiger partial charge < -0.3 is 19.4 Å². The number of carbonyl (C=O) groups excluding carboxylic acids is 1. The molecular weight excluding hydrogens is 308 g/mol. The van der Waals surface area contributed by atoms with Crippen molar-refractivity contribution in [2.24, 2.45) is 0 Å². The molecule has 0 aliphatic heterocycles. The number of aromatic nitrogens is 1. The molecule has 6 nitrogen and oxygen atoms in total. The molecule has 3 aromatic rings. The lowest BCUT2D eigenvalue weighted by Crippen LogP contribution is -2.38. The molecule has 1 unspecified atom stereocenters. The van der Waals surface area contributed by atoms with E-state index in [9.17, 15) is 9.90 Å². The van der Waals surface area contributed by atoms with Gasteiger partial charge in [0.2, 0.25) is 0 Å². The maximum atomic E-state index is 12.2. The van der Waals surface area contributed by atoms with Crippen molar-refractivity contribution in [2.45, 2.75) is 19.4 Å². The first-order chi connectivity index (χ1) is 11.5. The van der Waals surface area contributed by atoms with Crippen molar-refractivity contribution >= 4 is 5.91 Å². The molecule has 0 bridgehead atoms. The first-order valence-corrected chi connectivity index (χ1v) is 7.55. The van der Waals surface area contributed by atoms with Gasteiger partial charge >= 0.3 is 0 Å². The van der Waals surface area contributed by atoms with Crippen molar-refractivity contribution in [1.82, 2.24) is 10.5 Å². The molecule has 2 aromatic heterocycles. The first-order valence-electron chi connectivity index (χ1n) is 7.55. The Morgan fingerprint density at radius 3 is 2.67 bits per heavy atom. The van der Waals surface area contributed by atoms with E-state index in [-0.39, 0.29) is 12.2 Å². The van der Waals surface area contributed by atoms with E-state index >= 15 is 0 Å². The van der Waals surface area contributed by atoms with Crippen LogP contribution in [-0.2, 0) is 5.60 Å². The quantitative estimate of drug-likeness (QED) is 0.752. The fourth-order valence-electron chi connectivity index (χ4n) is 2.27. The van der Waals surface area contributed by atoms with Gasteiger partial charge in [-0.05, 0) is 26.0 Å². The van der Waals surface area contributed by atoms with Gasteiger partial charge in [0.25, 0.3) is 5.91 Å². The van der Waals surface area contributed by atoms with Crippen LogP contribution in [0, 0.1) is 6.92 Å². The van der Waals surface area contributed by atoms with E-state index in [4.69, 9.17) is 8.94 Å². The predicted molar refractivity (Wildman–Crippen MR) is 87.3 cm³/mol. The molecule has 24 heavy (non-hydrogen) atoms.